The summed E-state index contributed by atoms with van der Waals surface area (Å²) in [5, 5.41) is 2.14. The van der Waals surface area contributed by atoms with Crippen LogP contribution in [0.25, 0.3) is 0 Å². The van der Waals surface area contributed by atoms with Crippen molar-refractivity contribution in [3.05, 3.63) is 12.2 Å². The molecule has 7 heteroatoms. The number of carbonyl (C=O) groups is 1. The van der Waals surface area contributed by atoms with Gasteiger partial charge in [-0.3, -0.25) is 0 Å². The Bertz CT molecular complexity index is 368. The maximum atomic E-state index is 11.7. The molecule has 0 spiro atoms. The predicted octanol–water partition coefficient (Wildman–Crippen LogP) is 0.809. The molecule has 0 saturated carbocycles. The number of carbonyl (C=O) groups excluding carboxylic acids is 1. The summed E-state index contributed by atoms with van der Waals surface area (Å²) in [7, 11) is -1.90. The normalized spacial score (nSPS) is 19.6. The van der Waals surface area contributed by atoms with E-state index in [-0.39, 0.29) is 19.1 Å². The average molecular weight is 305 g/mol. The molecule has 1 rings (SSSR count). The Morgan fingerprint density at radius 2 is 2.05 bits per heavy atom. The summed E-state index contributed by atoms with van der Waals surface area (Å²) in [5.41, 5.74) is 0.423. The third-order valence-electron chi connectivity index (χ3n) is 2.91. The topological polar surface area (TPSA) is 78.4 Å². The number of esters is 1. The molecule has 0 amide bonds. The molecule has 3 unspecified atom stereocenters. The fraction of sp³-hybridized carbons (Fsp3) is 0.769. The van der Waals surface area contributed by atoms with E-state index in [0.29, 0.717) is 18.2 Å². The molecule has 0 aromatic rings. The molecule has 0 aliphatic carbocycles. The van der Waals surface area contributed by atoms with Gasteiger partial charge in [0.25, 0.3) is 5.85 Å². The Morgan fingerprint density at radius 1 is 1.40 bits per heavy atom. The van der Waals surface area contributed by atoms with Crippen molar-refractivity contribution in [3.63, 3.8) is 0 Å². The molecule has 1 aliphatic heterocycles. The van der Waals surface area contributed by atoms with Gasteiger partial charge in [0.1, 0.15) is 26.4 Å². The van der Waals surface area contributed by atoms with Gasteiger partial charge in [0.15, 0.2) is 6.04 Å². The Hall–Kier alpha value is -0.810. The number of hydrogen-bond acceptors (Lipinski definition) is 5. The van der Waals surface area contributed by atoms with Gasteiger partial charge in [-0.15, -0.1) is 4.52 Å². The van der Waals surface area contributed by atoms with Gasteiger partial charge >= 0.3 is 14.0 Å². The van der Waals surface area contributed by atoms with Crippen LogP contribution in [0.5, 0.6) is 0 Å². The summed E-state index contributed by atoms with van der Waals surface area (Å²) < 4.78 is 27.2. The number of rotatable bonds is 10. The van der Waals surface area contributed by atoms with E-state index in [1.54, 1.807) is 6.92 Å². The molecule has 1 fully saturated rings. The zero-order chi connectivity index (χ0) is 15.1. The fourth-order valence-corrected chi connectivity index (χ4v) is 1.92. The molecular formula is C13H24NO5P+2. The van der Waals surface area contributed by atoms with E-state index >= 15 is 0 Å². The zero-order valence-corrected chi connectivity index (χ0v) is 13.2. The van der Waals surface area contributed by atoms with E-state index in [9.17, 15) is 9.36 Å². The van der Waals surface area contributed by atoms with Gasteiger partial charge in [0, 0.05) is 12.5 Å². The first-order chi connectivity index (χ1) is 9.41. The van der Waals surface area contributed by atoms with Gasteiger partial charge < -0.3 is 14.8 Å². The SMILES string of the molecule is C=C(C(=O)OCCO[P+](=O)C(C)OCC1C[NH2+]1)C(C)C. The highest BCUT2D eigenvalue weighted by atomic mass is 31.1. The molecule has 6 nitrogen and oxygen atoms in total. The minimum atomic E-state index is -1.90. The molecule has 1 heterocycles. The first-order valence-electron chi connectivity index (χ1n) is 6.82. The highest BCUT2D eigenvalue weighted by molar-refractivity contribution is 7.39. The smallest absolute Gasteiger partial charge is 0.460 e. The monoisotopic (exact) mass is 305 g/mol. The first-order valence-corrected chi connectivity index (χ1v) is 8.06. The van der Waals surface area contributed by atoms with Gasteiger partial charge in [-0.25, -0.2) is 4.79 Å². The van der Waals surface area contributed by atoms with Crippen LogP contribution < -0.4 is 5.32 Å². The van der Waals surface area contributed by atoms with Crippen LogP contribution in [0.15, 0.2) is 12.2 Å². The Balaban J connectivity index is 2.08. The summed E-state index contributed by atoms with van der Waals surface area (Å²) in [6, 6.07) is 0.504. The second-order valence-electron chi connectivity index (χ2n) is 5.10. The van der Waals surface area contributed by atoms with Crippen molar-refractivity contribution in [2.75, 3.05) is 26.4 Å². The van der Waals surface area contributed by atoms with Crippen LogP contribution >= 0.6 is 8.03 Å². The zero-order valence-electron chi connectivity index (χ0n) is 12.3. The van der Waals surface area contributed by atoms with Crippen molar-refractivity contribution in [1.82, 2.24) is 0 Å². The maximum absolute atomic E-state index is 11.7. The van der Waals surface area contributed by atoms with E-state index in [4.69, 9.17) is 14.0 Å². The fourth-order valence-electron chi connectivity index (χ4n) is 1.25. The van der Waals surface area contributed by atoms with E-state index in [1.165, 1.54) is 0 Å². The first kappa shape index (κ1) is 17.2. The molecule has 0 radical (unpaired) electrons. The van der Waals surface area contributed by atoms with Gasteiger partial charge in [-0.1, -0.05) is 20.4 Å². The van der Waals surface area contributed by atoms with Gasteiger partial charge in [-0.05, 0) is 10.5 Å². The molecule has 3 atom stereocenters. The van der Waals surface area contributed by atoms with E-state index in [1.807, 2.05) is 13.8 Å². The summed E-state index contributed by atoms with van der Waals surface area (Å²) in [4.78, 5) is 11.5. The highest BCUT2D eigenvalue weighted by Gasteiger charge is 2.34. The largest absolute Gasteiger partial charge is 0.540 e. The van der Waals surface area contributed by atoms with Gasteiger partial charge in [0.05, 0.1) is 0 Å². The molecule has 0 aromatic heterocycles. The van der Waals surface area contributed by atoms with Crippen LogP contribution in [0, 0.1) is 5.92 Å². The Kier molecular flexibility index (Phi) is 7.30. The predicted molar refractivity (Wildman–Crippen MR) is 74.5 cm³/mol. The lowest BCUT2D eigenvalue weighted by Crippen LogP contribution is -2.60. The third-order valence-corrected chi connectivity index (χ3v) is 4.09. The number of hydrogen-bond donors (Lipinski definition) is 1. The lowest BCUT2D eigenvalue weighted by atomic mass is 10.1. The highest BCUT2D eigenvalue weighted by Crippen LogP contribution is 2.29. The number of quaternary nitrogens is 1. The third kappa shape index (κ3) is 6.57. The minimum Gasteiger partial charge on any atom is -0.460 e. The van der Waals surface area contributed by atoms with Crippen LogP contribution in [-0.4, -0.2) is 44.2 Å². The summed E-state index contributed by atoms with van der Waals surface area (Å²) in [5.74, 6) is -0.833. The van der Waals surface area contributed by atoms with Crippen molar-refractivity contribution in [2.24, 2.45) is 5.92 Å². The van der Waals surface area contributed by atoms with Crippen molar-refractivity contribution in [2.45, 2.75) is 32.7 Å². The average Bonchev–Trinajstić information content (AvgIpc) is 3.23. The summed E-state index contributed by atoms with van der Waals surface area (Å²) in [6.45, 7) is 10.9. The van der Waals surface area contributed by atoms with Crippen LogP contribution in [0.2, 0.25) is 0 Å². The quantitative estimate of drug-likeness (QED) is 0.212. The molecular weight excluding hydrogens is 281 g/mol. The lowest BCUT2D eigenvalue weighted by molar-refractivity contribution is -0.498. The molecule has 20 heavy (non-hydrogen) atoms. The molecule has 1 saturated heterocycles. The van der Waals surface area contributed by atoms with Crippen LogP contribution in [0.3, 0.4) is 0 Å². The van der Waals surface area contributed by atoms with E-state index in [2.05, 4.69) is 11.9 Å². The van der Waals surface area contributed by atoms with Gasteiger partial charge in [0.2, 0.25) is 0 Å². The Labute approximate surface area is 120 Å². The van der Waals surface area contributed by atoms with Crippen molar-refractivity contribution in [1.29, 1.82) is 0 Å². The summed E-state index contributed by atoms with van der Waals surface area (Å²) in [6.07, 6.45) is 0. The van der Waals surface area contributed by atoms with E-state index in [0.717, 1.165) is 6.54 Å². The van der Waals surface area contributed by atoms with Crippen molar-refractivity contribution < 1.29 is 28.7 Å². The van der Waals surface area contributed by atoms with E-state index < -0.39 is 19.8 Å². The molecule has 1 aliphatic rings. The number of ether oxygens (including phenoxy) is 2. The molecule has 0 aromatic carbocycles. The lowest BCUT2D eigenvalue weighted by Gasteiger charge is -2.08. The van der Waals surface area contributed by atoms with Crippen LogP contribution in [-0.2, 0) is 23.4 Å². The minimum absolute atomic E-state index is 0.0488. The Morgan fingerprint density at radius 3 is 2.60 bits per heavy atom. The summed E-state index contributed by atoms with van der Waals surface area (Å²) >= 11 is 0. The second kappa shape index (κ2) is 8.47. The van der Waals surface area contributed by atoms with Crippen molar-refractivity contribution in [3.8, 4) is 0 Å². The molecule has 0 bridgehead atoms. The standard InChI is InChI=1S/C13H23NO5P/c1-9(2)10(3)13(15)17-5-6-19-20(16)11(4)18-8-12-7-14-12/h9,11-12,14H,3,5-8H2,1-2,4H3/q+1/p+1. The van der Waals surface area contributed by atoms with Crippen LogP contribution in [0.1, 0.15) is 20.8 Å². The van der Waals surface area contributed by atoms with Gasteiger partial charge in [-0.2, -0.15) is 0 Å². The van der Waals surface area contributed by atoms with Crippen LogP contribution in [0.4, 0.5) is 0 Å². The maximum Gasteiger partial charge on any atom is 0.540 e. The number of nitrogens with two attached hydrogens (primary N) is 1. The molecule has 2 N–H and O–H groups in total. The molecule has 114 valence electrons. The van der Waals surface area contributed by atoms with Crippen molar-refractivity contribution >= 4 is 14.0 Å². The second-order valence-corrected chi connectivity index (χ2v) is 6.65.